The molecular formula is C39H64N4O8S. The molecule has 1 aliphatic carbocycles. The first-order valence-electron chi connectivity index (χ1n) is 18.9. The zero-order chi connectivity index (χ0) is 39.0. The second-order valence-electron chi connectivity index (χ2n) is 15.7. The Hall–Kier alpha value is -2.87. The molecule has 294 valence electrons. The number of carboxylic acid groups (broad SMARTS) is 1. The van der Waals surface area contributed by atoms with E-state index in [-0.39, 0.29) is 72.7 Å². The van der Waals surface area contributed by atoms with Crippen LogP contribution in [-0.4, -0.2) is 115 Å². The molecule has 3 rings (SSSR count). The van der Waals surface area contributed by atoms with Gasteiger partial charge in [-0.1, -0.05) is 61.0 Å². The Balaban J connectivity index is 1.80. The summed E-state index contributed by atoms with van der Waals surface area (Å²) >= 11 is 1.43. The van der Waals surface area contributed by atoms with Crippen molar-refractivity contribution in [2.75, 3.05) is 28.3 Å². The van der Waals surface area contributed by atoms with Crippen LogP contribution in [0.4, 0.5) is 0 Å². The van der Waals surface area contributed by atoms with Gasteiger partial charge < -0.3 is 35.0 Å². The number of fused-ring (bicyclic) bond motifs is 1. The fourth-order valence-electron chi connectivity index (χ4n) is 8.22. The van der Waals surface area contributed by atoms with Crippen molar-refractivity contribution in [3.05, 3.63) is 22.4 Å². The van der Waals surface area contributed by atoms with E-state index in [0.29, 0.717) is 12.3 Å². The third-order valence-corrected chi connectivity index (χ3v) is 12.4. The first kappa shape index (κ1) is 43.5. The van der Waals surface area contributed by atoms with Crippen molar-refractivity contribution in [2.45, 2.75) is 129 Å². The summed E-state index contributed by atoms with van der Waals surface area (Å²) in [5.74, 6) is -2.76. The molecule has 1 aliphatic heterocycles. The van der Waals surface area contributed by atoms with E-state index >= 15 is 0 Å². The number of methoxy groups -OCH3 is 2. The molecule has 3 N–H and O–H groups in total. The van der Waals surface area contributed by atoms with Crippen LogP contribution in [0.5, 0.6) is 0 Å². The lowest BCUT2D eigenvalue weighted by Crippen LogP contribution is -2.55. The van der Waals surface area contributed by atoms with Crippen molar-refractivity contribution < 1.29 is 38.6 Å². The predicted octanol–water partition coefficient (Wildman–Crippen LogP) is 4.25. The van der Waals surface area contributed by atoms with Gasteiger partial charge in [-0.2, -0.15) is 0 Å². The second kappa shape index (κ2) is 19.5. The Morgan fingerprint density at radius 1 is 1.02 bits per heavy atom. The highest BCUT2D eigenvalue weighted by Gasteiger charge is 2.57. The zero-order valence-electron chi connectivity index (χ0n) is 33.1. The van der Waals surface area contributed by atoms with Crippen LogP contribution in [0.15, 0.2) is 17.5 Å². The zero-order valence-corrected chi connectivity index (χ0v) is 33.9. The summed E-state index contributed by atoms with van der Waals surface area (Å²) in [6, 6.07) is 1.48. The maximum atomic E-state index is 14.3. The van der Waals surface area contributed by atoms with E-state index in [4.69, 9.17) is 9.47 Å². The first-order valence-corrected chi connectivity index (χ1v) is 19.8. The highest BCUT2D eigenvalue weighted by molar-refractivity contribution is 7.09. The molecule has 1 saturated carbocycles. The normalized spacial score (nSPS) is 22.9. The Morgan fingerprint density at radius 3 is 2.19 bits per heavy atom. The molecule has 3 amide bonds. The molecule has 12 nitrogen and oxygen atoms in total. The molecule has 13 heteroatoms. The van der Waals surface area contributed by atoms with Crippen molar-refractivity contribution in [1.29, 1.82) is 0 Å². The molecule has 0 radical (unpaired) electrons. The minimum Gasteiger partial charge on any atom is -0.480 e. The number of nitrogens with one attached hydrogen (secondary N) is 2. The number of carbonyl (C=O) groups excluding carboxylic acids is 4. The van der Waals surface area contributed by atoms with Gasteiger partial charge in [-0.15, -0.1) is 11.3 Å². The number of piperidine rings is 1. The molecule has 52 heavy (non-hydrogen) atoms. The van der Waals surface area contributed by atoms with Gasteiger partial charge in [0.25, 0.3) is 0 Å². The molecule has 1 aromatic heterocycles. The Kier molecular flexibility index (Phi) is 16.3. The predicted molar refractivity (Wildman–Crippen MR) is 202 cm³/mol. The second-order valence-corrected chi connectivity index (χ2v) is 16.7. The van der Waals surface area contributed by atoms with Crippen LogP contribution in [0, 0.1) is 35.5 Å². The molecule has 2 aliphatic rings. The topological polar surface area (TPSA) is 155 Å². The number of nitrogens with zero attached hydrogens (tertiary/aromatic N) is 2. The minimum atomic E-state index is -1.12. The monoisotopic (exact) mass is 748 g/mol. The number of Topliss-reactive ketones (excluding diaryl/α,β-unsaturated/α-hetero) is 1. The fraction of sp³-hybridized carbons (Fsp3) is 0.769. The van der Waals surface area contributed by atoms with Gasteiger partial charge in [0, 0.05) is 50.9 Å². The highest BCUT2D eigenvalue weighted by atomic mass is 32.1. The first-order chi connectivity index (χ1) is 24.5. The maximum Gasteiger partial charge on any atom is 0.326 e. The highest BCUT2D eigenvalue weighted by Crippen LogP contribution is 2.50. The SMILES string of the molecule is CC[C@H](C)[C@@H]([C@@H](CC(=O)N1[C@H]2C[C@H]2C[C@H]1[C@H](OC)[C@@H](C)C(=O)N[C@@H](Cc1cccs1)C(=O)O)OC)N(C)C(=O)[C@@H](CC(=O)[C@@H](NC)C(C)C)C(C)C. The molecule has 1 saturated heterocycles. The number of likely N-dealkylation sites (N-methyl/N-ethyl adjacent to an activating group) is 2. The summed E-state index contributed by atoms with van der Waals surface area (Å²) < 4.78 is 12.0. The average Bonchev–Trinajstić information content (AvgIpc) is 3.45. The van der Waals surface area contributed by atoms with E-state index in [9.17, 15) is 29.1 Å². The molecule has 2 heterocycles. The maximum absolute atomic E-state index is 14.3. The molecular weight excluding hydrogens is 685 g/mol. The largest absolute Gasteiger partial charge is 0.480 e. The lowest BCUT2D eigenvalue weighted by molar-refractivity contribution is -0.150. The van der Waals surface area contributed by atoms with Crippen molar-refractivity contribution in [1.82, 2.24) is 20.4 Å². The van der Waals surface area contributed by atoms with E-state index in [1.165, 1.54) is 18.4 Å². The Labute approximate surface area is 314 Å². The van der Waals surface area contributed by atoms with E-state index in [1.807, 2.05) is 57.0 Å². The van der Waals surface area contributed by atoms with Crippen molar-refractivity contribution >= 4 is 40.8 Å². The van der Waals surface area contributed by atoms with E-state index in [1.54, 1.807) is 33.0 Å². The number of hydrogen-bond acceptors (Lipinski definition) is 9. The van der Waals surface area contributed by atoms with Crippen LogP contribution < -0.4 is 10.6 Å². The van der Waals surface area contributed by atoms with Gasteiger partial charge in [-0.25, -0.2) is 4.79 Å². The van der Waals surface area contributed by atoms with Gasteiger partial charge in [0.15, 0.2) is 5.78 Å². The van der Waals surface area contributed by atoms with Gasteiger partial charge in [-0.05, 0) is 55.0 Å². The van der Waals surface area contributed by atoms with Crippen LogP contribution in [-0.2, 0) is 39.9 Å². The molecule has 11 atom stereocenters. The summed E-state index contributed by atoms with van der Waals surface area (Å²) in [5.41, 5.74) is 0. The Bertz CT molecular complexity index is 1360. The standard InChI is InChI=1S/C39H64N4O8S/c1-12-23(6)35(42(9)38(47)27(21(2)3)19-31(44)34(40-8)22(4)5)32(50-10)20-33(45)43-29-16-25(29)17-30(43)36(51-11)24(7)37(46)41-28(39(48)49)18-26-14-13-15-52-26/h13-15,21-25,27-30,32,34-36,40H,12,16-20H2,1-11H3,(H,41,46)(H,48,49)/t23-,24+,25-,27-,28-,29-,30-,32+,34-,35-,36+/m0/s1. The van der Waals surface area contributed by atoms with E-state index in [0.717, 1.165) is 17.7 Å². The number of carbonyl (C=O) groups is 5. The minimum absolute atomic E-state index is 0.00664. The number of hydrogen-bond donors (Lipinski definition) is 3. The third-order valence-electron chi connectivity index (χ3n) is 11.5. The van der Waals surface area contributed by atoms with Gasteiger partial charge in [0.1, 0.15) is 6.04 Å². The number of likely N-dealkylation sites (tertiary alicyclic amines) is 1. The van der Waals surface area contributed by atoms with Crippen molar-refractivity contribution in [3.63, 3.8) is 0 Å². The molecule has 0 aromatic carbocycles. The number of ether oxygens (including phenoxy) is 2. The summed E-state index contributed by atoms with van der Waals surface area (Å²) in [7, 11) is 6.61. The quantitative estimate of drug-likeness (QED) is 0.158. The number of thiophene rings is 1. The molecule has 1 aromatic rings. The van der Waals surface area contributed by atoms with Crippen LogP contribution >= 0.6 is 11.3 Å². The molecule has 2 fully saturated rings. The van der Waals surface area contributed by atoms with Crippen LogP contribution in [0.2, 0.25) is 0 Å². The number of aliphatic carboxylic acids is 1. The summed E-state index contributed by atoms with van der Waals surface area (Å²) in [6.07, 6.45) is 1.37. The smallest absolute Gasteiger partial charge is 0.326 e. The van der Waals surface area contributed by atoms with Gasteiger partial charge in [0.05, 0.1) is 42.7 Å². The van der Waals surface area contributed by atoms with Crippen molar-refractivity contribution in [3.8, 4) is 0 Å². The summed E-state index contributed by atoms with van der Waals surface area (Å²) in [5, 5.41) is 17.5. The number of carboxylic acids is 1. The van der Waals surface area contributed by atoms with Crippen LogP contribution in [0.1, 0.15) is 85.4 Å². The number of ketones is 1. The lowest BCUT2D eigenvalue weighted by atomic mass is 9.84. The lowest BCUT2D eigenvalue weighted by Gasteiger charge is -2.41. The average molecular weight is 749 g/mol. The summed E-state index contributed by atoms with van der Waals surface area (Å²) in [4.78, 5) is 71.8. The van der Waals surface area contributed by atoms with E-state index < -0.39 is 48.0 Å². The van der Waals surface area contributed by atoms with Gasteiger partial charge in [-0.3, -0.25) is 19.2 Å². The number of rotatable bonds is 22. The molecule has 0 unspecified atom stereocenters. The fourth-order valence-corrected chi connectivity index (χ4v) is 8.97. The van der Waals surface area contributed by atoms with Crippen LogP contribution in [0.3, 0.4) is 0 Å². The van der Waals surface area contributed by atoms with Gasteiger partial charge in [0.2, 0.25) is 17.7 Å². The molecule has 0 spiro atoms. The third kappa shape index (κ3) is 10.4. The Morgan fingerprint density at radius 2 is 1.69 bits per heavy atom. The van der Waals surface area contributed by atoms with Gasteiger partial charge >= 0.3 is 5.97 Å². The van der Waals surface area contributed by atoms with Crippen LogP contribution in [0.25, 0.3) is 0 Å². The number of amides is 3. The molecule has 0 bridgehead atoms. The summed E-state index contributed by atoms with van der Waals surface area (Å²) in [6.45, 7) is 13.7. The van der Waals surface area contributed by atoms with E-state index in [2.05, 4.69) is 17.6 Å². The van der Waals surface area contributed by atoms with Crippen molar-refractivity contribution in [2.24, 2.45) is 35.5 Å².